The third kappa shape index (κ3) is 4.60. The molecule has 2 aromatic rings. The van der Waals surface area contributed by atoms with Crippen LogP contribution in [0.1, 0.15) is 32.8 Å². The highest BCUT2D eigenvalue weighted by atomic mass is 35.5. The van der Waals surface area contributed by atoms with Crippen LogP contribution in [0.5, 0.6) is 0 Å². The predicted octanol–water partition coefficient (Wildman–Crippen LogP) is 3.86. The second-order valence-electron chi connectivity index (χ2n) is 8.03. The van der Waals surface area contributed by atoms with Crippen LogP contribution < -0.4 is 10.2 Å². The first-order valence-electron chi connectivity index (χ1n) is 9.20. The van der Waals surface area contributed by atoms with Gasteiger partial charge in [0, 0.05) is 25.0 Å². The molecule has 2 N–H and O–H groups in total. The number of halogens is 1. The number of pyridine rings is 1. The number of nitrogens with zero attached hydrogens (tertiary/aromatic N) is 2. The van der Waals surface area contributed by atoms with Crippen LogP contribution in [0, 0.1) is 5.92 Å². The van der Waals surface area contributed by atoms with E-state index in [1.165, 1.54) is 5.56 Å². The molecule has 144 valence electrons. The Morgan fingerprint density at radius 3 is 2.56 bits per heavy atom. The van der Waals surface area contributed by atoms with Crippen molar-refractivity contribution >= 4 is 29.0 Å². The third-order valence-corrected chi connectivity index (χ3v) is 5.27. The van der Waals surface area contributed by atoms with E-state index in [4.69, 9.17) is 11.6 Å². The second-order valence-corrected chi connectivity index (χ2v) is 8.44. The Bertz CT molecular complexity index is 802. The molecule has 1 aromatic carbocycles. The molecule has 27 heavy (non-hydrogen) atoms. The summed E-state index contributed by atoms with van der Waals surface area (Å²) < 4.78 is 0. The summed E-state index contributed by atoms with van der Waals surface area (Å²) in [5.74, 6) is 0.0404. The number of carbonyl (C=O) groups is 1. The monoisotopic (exact) mass is 387 g/mol. The SMILES string of the molecule is CC(C)(C)c1ccc(NC(=O)[C@@H]2CCN(c3ncccc3Cl)C[C@@H]2O)cc1. The van der Waals surface area contributed by atoms with Gasteiger partial charge in [-0.1, -0.05) is 44.5 Å². The van der Waals surface area contributed by atoms with E-state index in [0.717, 1.165) is 5.69 Å². The smallest absolute Gasteiger partial charge is 0.230 e. The Hall–Kier alpha value is -2.11. The zero-order valence-electron chi connectivity index (χ0n) is 15.9. The normalized spacial score (nSPS) is 20.4. The van der Waals surface area contributed by atoms with Crippen LogP contribution in [0.15, 0.2) is 42.6 Å². The summed E-state index contributed by atoms with van der Waals surface area (Å²) in [6, 6.07) is 11.4. The summed E-state index contributed by atoms with van der Waals surface area (Å²) >= 11 is 6.19. The maximum Gasteiger partial charge on any atom is 0.230 e. The van der Waals surface area contributed by atoms with Gasteiger partial charge in [0.1, 0.15) is 5.82 Å². The van der Waals surface area contributed by atoms with Crippen LogP contribution >= 0.6 is 11.6 Å². The van der Waals surface area contributed by atoms with E-state index < -0.39 is 12.0 Å². The Morgan fingerprint density at radius 2 is 1.96 bits per heavy atom. The molecule has 0 aliphatic carbocycles. The Kier molecular flexibility index (Phi) is 5.72. The first-order valence-corrected chi connectivity index (χ1v) is 9.58. The number of amides is 1. The lowest BCUT2D eigenvalue weighted by Crippen LogP contribution is -2.48. The fourth-order valence-electron chi connectivity index (χ4n) is 3.33. The van der Waals surface area contributed by atoms with Gasteiger partial charge in [-0.15, -0.1) is 0 Å². The molecule has 5 nitrogen and oxygen atoms in total. The highest BCUT2D eigenvalue weighted by molar-refractivity contribution is 6.32. The summed E-state index contributed by atoms with van der Waals surface area (Å²) in [6.45, 7) is 7.41. The van der Waals surface area contributed by atoms with Crippen molar-refractivity contribution in [2.45, 2.75) is 38.7 Å². The Morgan fingerprint density at radius 1 is 1.26 bits per heavy atom. The molecule has 0 radical (unpaired) electrons. The number of anilines is 2. The third-order valence-electron chi connectivity index (χ3n) is 4.98. The highest BCUT2D eigenvalue weighted by Crippen LogP contribution is 2.29. The minimum Gasteiger partial charge on any atom is -0.390 e. The first-order chi connectivity index (χ1) is 12.8. The van der Waals surface area contributed by atoms with Crippen molar-refractivity contribution in [2.24, 2.45) is 5.92 Å². The lowest BCUT2D eigenvalue weighted by molar-refractivity contribution is -0.123. The van der Waals surface area contributed by atoms with Crippen molar-refractivity contribution < 1.29 is 9.90 Å². The van der Waals surface area contributed by atoms with E-state index in [1.807, 2.05) is 29.2 Å². The number of hydrogen-bond acceptors (Lipinski definition) is 4. The molecule has 3 rings (SSSR count). The molecule has 0 spiro atoms. The van der Waals surface area contributed by atoms with Gasteiger partial charge in [0.2, 0.25) is 5.91 Å². The zero-order chi connectivity index (χ0) is 19.6. The van der Waals surface area contributed by atoms with Crippen LogP contribution in [-0.2, 0) is 10.2 Å². The maximum atomic E-state index is 12.6. The van der Waals surface area contributed by atoms with Gasteiger partial charge < -0.3 is 15.3 Å². The van der Waals surface area contributed by atoms with Gasteiger partial charge in [-0.25, -0.2) is 4.98 Å². The van der Waals surface area contributed by atoms with E-state index in [2.05, 4.69) is 31.1 Å². The number of piperidine rings is 1. The number of nitrogens with one attached hydrogen (secondary N) is 1. The molecule has 0 bridgehead atoms. The lowest BCUT2D eigenvalue weighted by Gasteiger charge is -2.36. The molecule has 1 aliphatic heterocycles. The lowest BCUT2D eigenvalue weighted by atomic mass is 9.87. The highest BCUT2D eigenvalue weighted by Gasteiger charge is 2.34. The molecule has 1 aliphatic rings. The number of carbonyl (C=O) groups excluding carboxylic acids is 1. The van der Waals surface area contributed by atoms with Crippen molar-refractivity contribution in [2.75, 3.05) is 23.3 Å². The fourth-order valence-corrected chi connectivity index (χ4v) is 3.57. The molecule has 1 aromatic heterocycles. The molecule has 1 saturated heterocycles. The van der Waals surface area contributed by atoms with E-state index in [1.54, 1.807) is 18.3 Å². The summed E-state index contributed by atoms with van der Waals surface area (Å²) in [4.78, 5) is 18.8. The number of rotatable bonds is 3. The molecule has 6 heteroatoms. The van der Waals surface area contributed by atoms with E-state index in [-0.39, 0.29) is 11.3 Å². The summed E-state index contributed by atoms with van der Waals surface area (Å²) in [5.41, 5.74) is 2.02. The molecule has 0 unspecified atom stereocenters. The van der Waals surface area contributed by atoms with Crippen LogP contribution in [0.3, 0.4) is 0 Å². The molecule has 2 atom stereocenters. The van der Waals surface area contributed by atoms with E-state index in [0.29, 0.717) is 30.4 Å². The zero-order valence-corrected chi connectivity index (χ0v) is 16.7. The molecular formula is C21H26ClN3O2. The van der Waals surface area contributed by atoms with Crippen molar-refractivity contribution in [1.29, 1.82) is 0 Å². The van der Waals surface area contributed by atoms with Crippen LogP contribution in [-0.4, -0.2) is 35.2 Å². The average molecular weight is 388 g/mol. The van der Waals surface area contributed by atoms with E-state index >= 15 is 0 Å². The largest absolute Gasteiger partial charge is 0.390 e. The maximum absolute atomic E-state index is 12.6. The summed E-state index contributed by atoms with van der Waals surface area (Å²) in [7, 11) is 0. The number of hydrogen-bond donors (Lipinski definition) is 2. The van der Waals surface area contributed by atoms with Crippen LogP contribution in [0.2, 0.25) is 5.02 Å². The number of aromatic nitrogens is 1. The van der Waals surface area contributed by atoms with Gasteiger partial charge in [-0.2, -0.15) is 0 Å². The van der Waals surface area contributed by atoms with Gasteiger partial charge in [0.05, 0.1) is 17.0 Å². The minimum absolute atomic E-state index is 0.0678. The number of aliphatic hydroxyl groups is 1. The quantitative estimate of drug-likeness (QED) is 0.839. The minimum atomic E-state index is -0.773. The van der Waals surface area contributed by atoms with Gasteiger partial charge in [0.15, 0.2) is 0 Å². The Balaban J connectivity index is 1.62. The van der Waals surface area contributed by atoms with Crippen molar-refractivity contribution in [3.05, 3.63) is 53.2 Å². The van der Waals surface area contributed by atoms with Gasteiger partial charge in [-0.05, 0) is 41.7 Å². The molecule has 1 fully saturated rings. The topological polar surface area (TPSA) is 65.5 Å². The molecule has 0 saturated carbocycles. The second kappa shape index (κ2) is 7.87. The summed E-state index contributed by atoms with van der Waals surface area (Å²) in [6.07, 6.45) is 1.44. The van der Waals surface area contributed by atoms with Crippen molar-refractivity contribution in [3.8, 4) is 0 Å². The van der Waals surface area contributed by atoms with E-state index in [9.17, 15) is 9.90 Å². The summed E-state index contributed by atoms with van der Waals surface area (Å²) in [5, 5.41) is 14.0. The molecule has 1 amide bonds. The Labute approximate surface area is 165 Å². The fraction of sp³-hybridized carbons (Fsp3) is 0.429. The molecular weight excluding hydrogens is 362 g/mol. The van der Waals surface area contributed by atoms with Gasteiger partial charge >= 0.3 is 0 Å². The number of benzene rings is 1. The van der Waals surface area contributed by atoms with Crippen LogP contribution in [0.25, 0.3) is 0 Å². The number of aliphatic hydroxyl groups excluding tert-OH is 1. The number of β-amino-alcohol motifs (C(OH)–C–C–N with tert-alkyl or cyclic N) is 1. The van der Waals surface area contributed by atoms with Gasteiger partial charge in [-0.3, -0.25) is 4.79 Å². The first kappa shape index (κ1) is 19.6. The van der Waals surface area contributed by atoms with Crippen LogP contribution in [0.4, 0.5) is 11.5 Å². The van der Waals surface area contributed by atoms with Crippen molar-refractivity contribution in [3.63, 3.8) is 0 Å². The average Bonchev–Trinajstić information content (AvgIpc) is 2.61. The predicted molar refractivity (Wildman–Crippen MR) is 109 cm³/mol. The standard InChI is InChI=1S/C21H26ClN3O2/c1-21(2,3)14-6-8-15(9-7-14)24-20(27)16-10-12-25(13-18(16)26)19-17(22)5-4-11-23-19/h4-9,11,16,18,26H,10,12-13H2,1-3H3,(H,24,27)/t16-,18+/m1/s1. The van der Waals surface area contributed by atoms with Gasteiger partial charge in [0.25, 0.3) is 0 Å². The van der Waals surface area contributed by atoms with Crippen molar-refractivity contribution in [1.82, 2.24) is 4.98 Å². The molecule has 2 heterocycles.